The van der Waals surface area contributed by atoms with Crippen LogP contribution in [0.5, 0.6) is 0 Å². The molecule has 0 spiro atoms. The van der Waals surface area contributed by atoms with Gasteiger partial charge in [0.25, 0.3) is 0 Å². The lowest BCUT2D eigenvalue weighted by molar-refractivity contribution is 0.435. The Hall–Kier alpha value is -0.820. The standard InChI is InChI=1S/C16H27N/c1-3-4-5-7-12-16(14-17-2)13-15-10-8-6-9-11-15/h6,8-11,16-17H,3-5,7,12-14H2,1-2H3. The molecule has 0 amide bonds. The Morgan fingerprint density at radius 2 is 1.82 bits per heavy atom. The minimum absolute atomic E-state index is 0.791. The average molecular weight is 233 g/mol. The van der Waals surface area contributed by atoms with Crippen LogP contribution in [0.3, 0.4) is 0 Å². The molecule has 17 heavy (non-hydrogen) atoms. The highest BCUT2D eigenvalue weighted by Crippen LogP contribution is 2.15. The second kappa shape index (κ2) is 9.23. The molecule has 0 radical (unpaired) electrons. The summed E-state index contributed by atoms with van der Waals surface area (Å²) in [4.78, 5) is 0. The number of nitrogens with one attached hydrogen (secondary N) is 1. The van der Waals surface area contributed by atoms with Gasteiger partial charge in [-0.25, -0.2) is 0 Å². The van der Waals surface area contributed by atoms with Gasteiger partial charge in [-0.2, -0.15) is 0 Å². The first-order chi connectivity index (χ1) is 8.36. The van der Waals surface area contributed by atoms with Gasteiger partial charge in [-0.05, 0) is 37.9 Å². The van der Waals surface area contributed by atoms with Crippen molar-refractivity contribution < 1.29 is 0 Å². The molecule has 1 aromatic rings. The van der Waals surface area contributed by atoms with Gasteiger partial charge in [-0.15, -0.1) is 0 Å². The summed E-state index contributed by atoms with van der Waals surface area (Å²) >= 11 is 0. The highest BCUT2D eigenvalue weighted by Gasteiger charge is 2.08. The maximum absolute atomic E-state index is 3.33. The van der Waals surface area contributed by atoms with E-state index in [0.29, 0.717) is 0 Å². The van der Waals surface area contributed by atoms with E-state index >= 15 is 0 Å². The number of hydrogen-bond acceptors (Lipinski definition) is 1. The lowest BCUT2D eigenvalue weighted by Crippen LogP contribution is -2.20. The van der Waals surface area contributed by atoms with Crippen LogP contribution in [0.25, 0.3) is 0 Å². The lowest BCUT2D eigenvalue weighted by Gasteiger charge is -2.16. The third kappa shape index (κ3) is 6.48. The molecule has 1 aromatic carbocycles. The van der Waals surface area contributed by atoms with E-state index in [4.69, 9.17) is 0 Å². The van der Waals surface area contributed by atoms with Crippen molar-refractivity contribution in [3.05, 3.63) is 35.9 Å². The van der Waals surface area contributed by atoms with Gasteiger partial charge in [0.15, 0.2) is 0 Å². The summed E-state index contributed by atoms with van der Waals surface area (Å²) in [5.74, 6) is 0.791. The molecule has 1 heteroatoms. The number of rotatable bonds is 9. The average Bonchev–Trinajstić information content (AvgIpc) is 2.36. The molecule has 1 nitrogen and oxygen atoms in total. The smallest absolute Gasteiger partial charge is 0.00203 e. The molecule has 0 heterocycles. The third-order valence-electron chi connectivity index (χ3n) is 3.33. The zero-order valence-electron chi connectivity index (χ0n) is 11.4. The number of hydrogen-bond donors (Lipinski definition) is 1. The van der Waals surface area contributed by atoms with Gasteiger partial charge in [0.1, 0.15) is 0 Å². The fraction of sp³-hybridized carbons (Fsp3) is 0.625. The van der Waals surface area contributed by atoms with Crippen LogP contribution < -0.4 is 5.32 Å². The molecule has 0 bridgehead atoms. The molecule has 1 N–H and O–H groups in total. The Labute approximate surface area is 107 Å². The van der Waals surface area contributed by atoms with Crippen molar-refractivity contribution in [3.63, 3.8) is 0 Å². The molecular weight excluding hydrogens is 206 g/mol. The van der Waals surface area contributed by atoms with Crippen molar-refractivity contribution in [1.29, 1.82) is 0 Å². The maximum Gasteiger partial charge on any atom is -0.00203 e. The first kappa shape index (κ1) is 14.2. The van der Waals surface area contributed by atoms with Crippen molar-refractivity contribution in [2.24, 2.45) is 5.92 Å². The van der Waals surface area contributed by atoms with E-state index in [1.807, 2.05) is 0 Å². The van der Waals surface area contributed by atoms with E-state index in [-0.39, 0.29) is 0 Å². The van der Waals surface area contributed by atoms with Crippen LogP contribution in [0, 0.1) is 5.92 Å². The minimum Gasteiger partial charge on any atom is -0.319 e. The predicted octanol–water partition coefficient (Wildman–Crippen LogP) is 4.04. The fourth-order valence-electron chi connectivity index (χ4n) is 2.37. The molecular formula is C16H27N. The monoisotopic (exact) mass is 233 g/mol. The zero-order chi connectivity index (χ0) is 12.3. The Morgan fingerprint density at radius 1 is 1.06 bits per heavy atom. The van der Waals surface area contributed by atoms with Crippen molar-refractivity contribution >= 4 is 0 Å². The molecule has 0 aliphatic heterocycles. The van der Waals surface area contributed by atoms with Gasteiger partial charge in [-0.1, -0.05) is 62.9 Å². The first-order valence-electron chi connectivity index (χ1n) is 7.05. The van der Waals surface area contributed by atoms with Crippen molar-refractivity contribution in [1.82, 2.24) is 5.32 Å². The Bertz CT molecular complexity index is 268. The topological polar surface area (TPSA) is 12.0 Å². The van der Waals surface area contributed by atoms with E-state index in [1.165, 1.54) is 44.1 Å². The SMILES string of the molecule is CCCCCCC(CNC)Cc1ccccc1. The van der Waals surface area contributed by atoms with Crippen LogP contribution in [0.1, 0.15) is 44.6 Å². The van der Waals surface area contributed by atoms with Gasteiger partial charge < -0.3 is 5.32 Å². The molecule has 96 valence electrons. The largest absolute Gasteiger partial charge is 0.319 e. The third-order valence-corrected chi connectivity index (χ3v) is 3.33. The highest BCUT2D eigenvalue weighted by molar-refractivity contribution is 5.15. The van der Waals surface area contributed by atoms with E-state index in [0.717, 1.165) is 12.5 Å². The zero-order valence-corrected chi connectivity index (χ0v) is 11.4. The highest BCUT2D eigenvalue weighted by atomic mass is 14.8. The summed E-state index contributed by atoms with van der Waals surface area (Å²) in [5, 5.41) is 3.33. The van der Waals surface area contributed by atoms with E-state index in [9.17, 15) is 0 Å². The van der Waals surface area contributed by atoms with Crippen molar-refractivity contribution in [3.8, 4) is 0 Å². The minimum atomic E-state index is 0.791. The van der Waals surface area contributed by atoms with E-state index < -0.39 is 0 Å². The van der Waals surface area contributed by atoms with Crippen molar-refractivity contribution in [2.75, 3.05) is 13.6 Å². The Morgan fingerprint density at radius 3 is 2.47 bits per heavy atom. The van der Waals surface area contributed by atoms with Crippen LogP contribution in [-0.2, 0) is 6.42 Å². The summed E-state index contributed by atoms with van der Waals surface area (Å²) in [6, 6.07) is 10.9. The Balaban J connectivity index is 2.32. The van der Waals surface area contributed by atoms with Gasteiger partial charge in [-0.3, -0.25) is 0 Å². The maximum atomic E-state index is 3.33. The molecule has 0 aliphatic carbocycles. The fourth-order valence-corrected chi connectivity index (χ4v) is 2.37. The van der Waals surface area contributed by atoms with Crippen LogP contribution in [0.4, 0.5) is 0 Å². The van der Waals surface area contributed by atoms with Crippen LogP contribution >= 0.6 is 0 Å². The molecule has 0 aromatic heterocycles. The van der Waals surface area contributed by atoms with Gasteiger partial charge >= 0.3 is 0 Å². The number of benzene rings is 1. The van der Waals surface area contributed by atoms with Gasteiger partial charge in [0.05, 0.1) is 0 Å². The second-order valence-corrected chi connectivity index (χ2v) is 4.96. The summed E-state index contributed by atoms with van der Waals surface area (Å²) in [6.45, 7) is 3.41. The predicted molar refractivity (Wildman–Crippen MR) is 76.3 cm³/mol. The van der Waals surface area contributed by atoms with E-state index in [1.54, 1.807) is 0 Å². The van der Waals surface area contributed by atoms with Gasteiger partial charge in [0.2, 0.25) is 0 Å². The quantitative estimate of drug-likeness (QED) is 0.635. The van der Waals surface area contributed by atoms with Gasteiger partial charge in [0, 0.05) is 0 Å². The molecule has 0 aliphatic rings. The Kier molecular flexibility index (Phi) is 7.74. The summed E-state index contributed by atoms with van der Waals surface area (Å²) in [7, 11) is 2.06. The number of unbranched alkanes of at least 4 members (excludes halogenated alkanes) is 3. The van der Waals surface area contributed by atoms with Crippen LogP contribution in [-0.4, -0.2) is 13.6 Å². The van der Waals surface area contributed by atoms with Crippen molar-refractivity contribution in [2.45, 2.75) is 45.4 Å². The summed E-state index contributed by atoms with van der Waals surface area (Å²) < 4.78 is 0. The molecule has 1 rings (SSSR count). The molecule has 0 saturated carbocycles. The molecule has 0 saturated heterocycles. The summed E-state index contributed by atoms with van der Waals surface area (Å²) in [5.41, 5.74) is 1.48. The summed E-state index contributed by atoms with van der Waals surface area (Å²) in [6.07, 6.45) is 8.06. The normalized spacial score (nSPS) is 12.6. The van der Waals surface area contributed by atoms with Crippen LogP contribution in [0.15, 0.2) is 30.3 Å². The molecule has 0 fully saturated rings. The lowest BCUT2D eigenvalue weighted by atomic mass is 9.93. The second-order valence-electron chi connectivity index (χ2n) is 4.96. The van der Waals surface area contributed by atoms with Crippen LogP contribution in [0.2, 0.25) is 0 Å². The molecule has 1 atom stereocenters. The first-order valence-corrected chi connectivity index (χ1v) is 7.05. The molecule has 1 unspecified atom stereocenters. The van der Waals surface area contributed by atoms with E-state index in [2.05, 4.69) is 49.6 Å².